The second-order valence-corrected chi connectivity index (χ2v) is 5.32. The highest BCUT2D eigenvalue weighted by molar-refractivity contribution is 5.46. The van der Waals surface area contributed by atoms with Crippen LogP contribution in [0.25, 0.3) is 0 Å². The van der Waals surface area contributed by atoms with Gasteiger partial charge in [-0.2, -0.15) is 0 Å². The zero-order chi connectivity index (χ0) is 15.1. The predicted molar refractivity (Wildman–Crippen MR) is 72.8 cm³/mol. The maximum Gasteiger partial charge on any atom is 0.573 e. The molecule has 1 aliphatic carbocycles. The maximum atomic E-state index is 12.5. The Morgan fingerprint density at radius 3 is 2.00 bits per heavy atom. The van der Waals surface area contributed by atoms with Gasteiger partial charge in [0.1, 0.15) is 5.75 Å². The first-order valence-corrected chi connectivity index (χ1v) is 6.58. The number of rotatable bonds is 2. The summed E-state index contributed by atoms with van der Waals surface area (Å²) < 4.78 is 41.7. The van der Waals surface area contributed by atoms with Gasteiger partial charge in [-0.15, -0.1) is 13.2 Å². The summed E-state index contributed by atoms with van der Waals surface area (Å²) in [6.45, 7) is 0. The van der Waals surface area contributed by atoms with Crippen LogP contribution in [-0.2, 0) is 18.4 Å². The SMILES string of the molecule is NC1(c2ccccc2OC(F)(F)F)Cc2ccccc2C1. The summed E-state index contributed by atoms with van der Waals surface area (Å²) in [5.41, 5.74) is 8.06. The van der Waals surface area contributed by atoms with Crippen LogP contribution >= 0.6 is 0 Å². The summed E-state index contributed by atoms with van der Waals surface area (Å²) in [5.74, 6) is -0.222. The first-order chi connectivity index (χ1) is 9.87. The van der Waals surface area contributed by atoms with Crippen molar-refractivity contribution in [1.82, 2.24) is 0 Å². The summed E-state index contributed by atoms with van der Waals surface area (Å²) >= 11 is 0. The van der Waals surface area contributed by atoms with Crippen molar-refractivity contribution in [3.05, 3.63) is 65.2 Å². The molecule has 0 radical (unpaired) electrons. The molecule has 0 bridgehead atoms. The lowest BCUT2D eigenvalue weighted by Gasteiger charge is -2.27. The molecule has 2 N–H and O–H groups in total. The van der Waals surface area contributed by atoms with E-state index in [4.69, 9.17) is 5.73 Å². The van der Waals surface area contributed by atoms with Gasteiger partial charge in [-0.25, -0.2) is 0 Å². The average molecular weight is 293 g/mol. The number of nitrogens with two attached hydrogens (primary N) is 1. The van der Waals surface area contributed by atoms with Crippen molar-refractivity contribution >= 4 is 0 Å². The molecule has 0 heterocycles. The lowest BCUT2D eigenvalue weighted by atomic mass is 9.87. The topological polar surface area (TPSA) is 35.2 Å². The van der Waals surface area contributed by atoms with E-state index in [1.807, 2.05) is 24.3 Å². The minimum atomic E-state index is -4.72. The lowest BCUT2D eigenvalue weighted by Crippen LogP contribution is -2.38. The first-order valence-electron chi connectivity index (χ1n) is 6.58. The second kappa shape index (κ2) is 4.77. The minimum absolute atomic E-state index is 0.222. The Balaban J connectivity index is 1.98. The highest BCUT2D eigenvalue weighted by Gasteiger charge is 2.39. The highest BCUT2D eigenvalue weighted by atomic mass is 19.4. The van der Waals surface area contributed by atoms with Crippen molar-refractivity contribution in [2.45, 2.75) is 24.7 Å². The minimum Gasteiger partial charge on any atom is -0.405 e. The van der Waals surface area contributed by atoms with E-state index in [1.54, 1.807) is 12.1 Å². The van der Waals surface area contributed by atoms with Gasteiger partial charge in [0.25, 0.3) is 0 Å². The van der Waals surface area contributed by atoms with E-state index < -0.39 is 11.9 Å². The van der Waals surface area contributed by atoms with Crippen LogP contribution in [0.1, 0.15) is 16.7 Å². The van der Waals surface area contributed by atoms with Crippen molar-refractivity contribution in [2.24, 2.45) is 5.73 Å². The molecule has 0 aromatic heterocycles. The first kappa shape index (κ1) is 13.9. The number of hydrogen-bond donors (Lipinski definition) is 1. The second-order valence-electron chi connectivity index (χ2n) is 5.32. The number of alkyl halides is 3. The quantitative estimate of drug-likeness (QED) is 0.919. The number of fused-ring (bicyclic) bond motifs is 1. The number of para-hydroxylation sites is 1. The molecule has 0 fully saturated rings. The fourth-order valence-corrected chi connectivity index (χ4v) is 2.93. The molecule has 0 saturated heterocycles. The van der Waals surface area contributed by atoms with Crippen molar-refractivity contribution in [1.29, 1.82) is 0 Å². The zero-order valence-corrected chi connectivity index (χ0v) is 11.2. The molecule has 0 amide bonds. The molecular weight excluding hydrogens is 279 g/mol. The van der Waals surface area contributed by atoms with Gasteiger partial charge in [0.15, 0.2) is 0 Å². The largest absolute Gasteiger partial charge is 0.573 e. The smallest absolute Gasteiger partial charge is 0.405 e. The van der Waals surface area contributed by atoms with Crippen LogP contribution in [0.3, 0.4) is 0 Å². The van der Waals surface area contributed by atoms with Gasteiger partial charge in [0, 0.05) is 5.56 Å². The molecule has 5 heteroatoms. The van der Waals surface area contributed by atoms with Crippen LogP contribution < -0.4 is 10.5 Å². The van der Waals surface area contributed by atoms with Gasteiger partial charge < -0.3 is 10.5 Å². The Morgan fingerprint density at radius 1 is 0.905 bits per heavy atom. The van der Waals surface area contributed by atoms with Crippen molar-refractivity contribution in [3.63, 3.8) is 0 Å². The zero-order valence-electron chi connectivity index (χ0n) is 11.2. The summed E-state index contributed by atoms with van der Waals surface area (Å²) in [6, 6.07) is 13.8. The number of benzene rings is 2. The van der Waals surface area contributed by atoms with Crippen molar-refractivity contribution in [3.8, 4) is 5.75 Å². The molecule has 2 aromatic carbocycles. The van der Waals surface area contributed by atoms with Gasteiger partial charge in [-0.05, 0) is 30.0 Å². The Morgan fingerprint density at radius 2 is 1.43 bits per heavy atom. The normalized spacial score (nSPS) is 16.6. The van der Waals surface area contributed by atoms with E-state index in [0.717, 1.165) is 11.1 Å². The average Bonchev–Trinajstić information content (AvgIpc) is 2.74. The third-order valence-electron chi connectivity index (χ3n) is 3.78. The summed E-state index contributed by atoms with van der Waals surface area (Å²) in [4.78, 5) is 0. The van der Waals surface area contributed by atoms with Crippen LogP contribution in [0.5, 0.6) is 5.75 Å². The molecule has 21 heavy (non-hydrogen) atoms. The number of halogens is 3. The van der Waals surface area contributed by atoms with Crippen LogP contribution in [0, 0.1) is 0 Å². The number of ether oxygens (including phenoxy) is 1. The summed E-state index contributed by atoms with van der Waals surface area (Å²) in [6.07, 6.45) is -3.72. The molecule has 0 unspecified atom stereocenters. The Bertz CT molecular complexity index is 642. The lowest BCUT2D eigenvalue weighted by molar-refractivity contribution is -0.275. The van der Waals surface area contributed by atoms with Crippen LogP contribution in [0.4, 0.5) is 13.2 Å². The van der Waals surface area contributed by atoms with Gasteiger partial charge in [-0.1, -0.05) is 42.5 Å². The van der Waals surface area contributed by atoms with E-state index in [2.05, 4.69) is 4.74 Å². The van der Waals surface area contributed by atoms with Crippen LogP contribution in [-0.4, -0.2) is 6.36 Å². The predicted octanol–water partition coefficient (Wildman–Crippen LogP) is 3.54. The van der Waals surface area contributed by atoms with E-state index >= 15 is 0 Å². The van der Waals surface area contributed by atoms with E-state index in [9.17, 15) is 13.2 Å². The molecule has 3 rings (SSSR count). The standard InChI is InChI=1S/C16H14F3NO/c17-16(18,19)21-14-8-4-3-7-13(14)15(20)9-11-5-1-2-6-12(11)10-15/h1-8H,9-10,20H2. The van der Waals surface area contributed by atoms with E-state index in [1.165, 1.54) is 12.1 Å². The Kier molecular flexibility index (Phi) is 3.17. The monoisotopic (exact) mass is 293 g/mol. The molecule has 0 spiro atoms. The number of hydrogen-bond acceptors (Lipinski definition) is 2. The fourth-order valence-electron chi connectivity index (χ4n) is 2.93. The maximum absolute atomic E-state index is 12.5. The molecule has 1 aliphatic rings. The van der Waals surface area contributed by atoms with Gasteiger partial charge in [0.2, 0.25) is 0 Å². The van der Waals surface area contributed by atoms with Gasteiger partial charge >= 0.3 is 6.36 Å². The Hall–Kier alpha value is -2.01. The highest BCUT2D eigenvalue weighted by Crippen LogP contribution is 2.40. The van der Waals surface area contributed by atoms with E-state index in [-0.39, 0.29) is 5.75 Å². The fraction of sp³-hybridized carbons (Fsp3) is 0.250. The molecule has 2 aromatic rings. The van der Waals surface area contributed by atoms with Gasteiger partial charge in [-0.3, -0.25) is 0 Å². The van der Waals surface area contributed by atoms with Crippen molar-refractivity contribution < 1.29 is 17.9 Å². The Labute approximate surface area is 120 Å². The molecular formula is C16H14F3NO. The molecule has 0 aliphatic heterocycles. The van der Waals surface area contributed by atoms with Crippen LogP contribution in [0.2, 0.25) is 0 Å². The molecule has 0 atom stereocenters. The molecule has 110 valence electrons. The van der Waals surface area contributed by atoms with Gasteiger partial charge in [0.05, 0.1) is 5.54 Å². The van der Waals surface area contributed by atoms with E-state index in [0.29, 0.717) is 18.4 Å². The molecule has 0 saturated carbocycles. The van der Waals surface area contributed by atoms with Crippen LogP contribution in [0.15, 0.2) is 48.5 Å². The summed E-state index contributed by atoms with van der Waals surface area (Å²) in [7, 11) is 0. The molecule has 2 nitrogen and oxygen atoms in total. The van der Waals surface area contributed by atoms with Crippen molar-refractivity contribution in [2.75, 3.05) is 0 Å². The third-order valence-corrected chi connectivity index (χ3v) is 3.78. The summed E-state index contributed by atoms with van der Waals surface area (Å²) in [5, 5.41) is 0. The third kappa shape index (κ3) is 2.74.